The van der Waals surface area contributed by atoms with Crippen LogP contribution in [0.25, 0.3) is 10.9 Å². The molecule has 2 aromatic rings. The highest BCUT2D eigenvalue weighted by Gasteiger charge is 2.28. The van der Waals surface area contributed by atoms with Crippen molar-refractivity contribution in [2.24, 2.45) is 7.05 Å². The van der Waals surface area contributed by atoms with Crippen LogP contribution in [-0.4, -0.2) is 22.9 Å². The van der Waals surface area contributed by atoms with E-state index in [1.165, 1.54) is 6.07 Å². The van der Waals surface area contributed by atoms with Crippen LogP contribution in [0.15, 0.2) is 18.2 Å². The van der Waals surface area contributed by atoms with Gasteiger partial charge >= 0.3 is 0 Å². The number of para-hydroxylation sites is 1. The second kappa shape index (κ2) is 4.46. The molecule has 4 heteroatoms. The first-order chi connectivity index (χ1) is 9.11. The lowest BCUT2D eigenvalue weighted by Crippen LogP contribution is -2.31. The molecule has 100 valence electrons. The lowest BCUT2D eigenvalue weighted by molar-refractivity contribution is 0.0953. The molecule has 1 saturated heterocycles. The average Bonchev–Trinajstić information content (AvgIpc) is 2.99. The van der Waals surface area contributed by atoms with Crippen LogP contribution in [0.4, 0.5) is 4.39 Å². The standard InChI is InChI=1S/C15H17FN2O/c1-9-13(15(19)12-7-4-8-17-12)10-5-3-6-11(16)14(10)18(9)2/h3,5-6,12,17H,4,7-8H2,1-2H3. The maximum atomic E-state index is 13.9. The Labute approximate surface area is 111 Å². The number of halogens is 1. The predicted molar refractivity (Wildman–Crippen MR) is 73.0 cm³/mol. The summed E-state index contributed by atoms with van der Waals surface area (Å²) in [5.41, 5.74) is 2.01. The number of Topliss-reactive ketones (excluding diaryl/α,β-unsaturated/α-hetero) is 1. The number of fused-ring (bicyclic) bond motifs is 1. The smallest absolute Gasteiger partial charge is 0.182 e. The minimum Gasteiger partial charge on any atom is -0.345 e. The van der Waals surface area contributed by atoms with Gasteiger partial charge in [-0.1, -0.05) is 12.1 Å². The van der Waals surface area contributed by atoms with Crippen LogP contribution in [0.3, 0.4) is 0 Å². The summed E-state index contributed by atoms with van der Waals surface area (Å²) in [7, 11) is 1.81. The van der Waals surface area contributed by atoms with Gasteiger partial charge in [0.15, 0.2) is 5.78 Å². The van der Waals surface area contributed by atoms with Crippen molar-refractivity contribution in [3.63, 3.8) is 0 Å². The fourth-order valence-corrected chi connectivity index (χ4v) is 2.98. The number of hydrogen-bond acceptors (Lipinski definition) is 2. The molecule has 1 atom stereocenters. The molecule has 0 saturated carbocycles. The molecule has 0 radical (unpaired) electrons. The summed E-state index contributed by atoms with van der Waals surface area (Å²) >= 11 is 0. The third-order valence-corrected chi connectivity index (χ3v) is 4.08. The average molecular weight is 260 g/mol. The molecule has 1 aliphatic heterocycles. The maximum Gasteiger partial charge on any atom is 0.182 e. The maximum absolute atomic E-state index is 13.9. The molecular formula is C15H17FN2O. The molecule has 1 fully saturated rings. The molecular weight excluding hydrogens is 243 g/mol. The normalized spacial score (nSPS) is 19.2. The number of aromatic nitrogens is 1. The minimum atomic E-state index is -0.276. The summed E-state index contributed by atoms with van der Waals surface area (Å²) in [5, 5.41) is 3.94. The second-order valence-corrected chi connectivity index (χ2v) is 5.17. The van der Waals surface area contributed by atoms with Gasteiger partial charge in [0, 0.05) is 23.7 Å². The lowest BCUT2D eigenvalue weighted by Gasteiger charge is -2.09. The lowest BCUT2D eigenvalue weighted by atomic mass is 10.00. The Morgan fingerprint density at radius 1 is 1.47 bits per heavy atom. The summed E-state index contributed by atoms with van der Waals surface area (Å²) in [6.45, 7) is 2.76. The number of nitrogens with one attached hydrogen (secondary N) is 1. The van der Waals surface area contributed by atoms with Crippen molar-refractivity contribution >= 4 is 16.7 Å². The monoisotopic (exact) mass is 260 g/mol. The molecule has 1 unspecified atom stereocenters. The van der Waals surface area contributed by atoms with E-state index in [4.69, 9.17) is 0 Å². The van der Waals surface area contributed by atoms with E-state index in [0.717, 1.165) is 30.5 Å². The largest absolute Gasteiger partial charge is 0.345 e. The summed E-state index contributed by atoms with van der Waals surface area (Å²) < 4.78 is 15.7. The van der Waals surface area contributed by atoms with Gasteiger partial charge in [-0.3, -0.25) is 4.79 Å². The van der Waals surface area contributed by atoms with Gasteiger partial charge in [-0.2, -0.15) is 0 Å². The molecule has 1 aromatic heterocycles. The van der Waals surface area contributed by atoms with Gasteiger partial charge < -0.3 is 9.88 Å². The second-order valence-electron chi connectivity index (χ2n) is 5.17. The Balaban J connectivity index is 2.20. The van der Waals surface area contributed by atoms with E-state index in [0.29, 0.717) is 11.1 Å². The number of nitrogens with zero attached hydrogens (tertiary/aromatic N) is 1. The molecule has 1 aliphatic rings. The first kappa shape index (κ1) is 12.4. The Bertz CT molecular complexity index is 654. The number of ketones is 1. The fraction of sp³-hybridized carbons (Fsp3) is 0.400. The van der Waals surface area contributed by atoms with E-state index in [1.54, 1.807) is 17.7 Å². The van der Waals surface area contributed by atoms with E-state index in [-0.39, 0.29) is 17.6 Å². The van der Waals surface area contributed by atoms with Crippen molar-refractivity contribution in [2.75, 3.05) is 6.54 Å². The van der Waals surface area contributed by atoms with Crippen molar-refractivity contribution in [2.45, 2.75) is 25.8 Å². The fourth-order valence-electron chi connectivity index (χ4n) is 2.98. The van der Waals surface area contributed by atoms with Gasteiger partial charge in [-0.05, 0) is 32.4 Å². The Kier molecular flexibility index (Phi) is 2.90. The molecule has 19 heavy (non-hydrogen) atoms. The van der Waals surface area contributed by atoms with Crippen LogP contribution in [0.2, 0.25) is 0 Å². The zero-order valence-corrected chi connectivity index (χ0v) is 11.2. The number of carbonyl (C=O) groups excluding carboxylic acids is 1. The first-order valence-corrected chi connectivity index (χ1v) is 6.62. The van der Waals surface area contributed by atoms with Crippen LogP contribution in [-0.2, 0) is 7.05 Å². The predicted octanol–water partition coefficient (Wildman–Crippen LogP) is 2.56. The zero-order valence-electron chi connectivity index (χ0n) is 11.2. The van der Waals surface area contributed by atoms with Crippen LogP contribution in [0.5, 0.6) is 0 Å². The third-order valence-electron chi connectivity index (χ3n) is 4.08. The first-order valence-electron chi connectivity index (χ1n) is 6.62. The molecule has 2 heterocycles. The van der Waals surface area contributed by atoms with Crippen molar-refractivity contribution in [1.82, 2.24) is 9.88 Å². The summed E-state index contributed by atoms with van der Waals surface area (Å²) in [5.74, 6) is -0.187. The molecule has 1 N–H and O–H groups in total. The minimum absolute atomic E-state index is 0.0891. The molecule has 3 rings (SSSR count). The molecule has 1 aromatic carbocycles. The summed E-state index contributed by atoms with van der Waals surface area (Å²) in [6, 6.07) is 4.81. The van der Waals surface area contributed by atoms with Crippen molar-refractivity contribution in [3.8, 4) is 0 Å². The van der Waals surface area contributed by atoms with Gasteiger partial charge in [-0.15, -0.1) is 0 Å². The van der Waals surface area contributed by atoms with Gasteiger partial charge in [0.05, 0.1) is 11.6 Å². The number of benzene rings is 1. The van der Waals surface area contributed by atoms with Crippen molar-refractivity contribution < 1.29 is 9.18 Å². The highest BCUT2D eigenvalue weighted by Crippen LogP contribution is 2.29. The third kappa shape index (κ3) is 1.78. The summed E-state index contributed by atoms with van der Waals surface area (Å²) in [4.78, 5) is 12.6. The number of hydrogen-bond donors (Lipinski definition) is 1. The number of rotatable bonds is 2. The Morgan fingerprint density at radius 2 is 2.26 bits per heavy atom. The molecule has 0 spiro atoms. The molecule has 0 aliphatic carbocycles. The van der Waals surface area contributed by atoms with Crippen LogP contribution in [0, 0.1) is 12.7 Å². The Morgan fingerprint density at radius 3 is 2.95 bits per heavy atom. The van der Waals surface area contributed by atoms with Crippen molar-refractivity contribution in [1.29, 1.82) is 0 Å². The van der Waals surface area contributed by atoms with Crippen LogP contribution in [0.1, 0.15) is 28.9 Å². The van der Waals surface area contributed by atoms with Crippen LogP contribution >= 0.6 is 0 Å². The zero-order chi connectivity index (χ0) is 13.6. The SMILES string of the molecule is Cc1c(C(=O)C2CCCN2)c2cccc(F)c2n1C. The highest BCUT2D eigenvalue weighted by molar-refractivity contribution is 6.12. The number of carbonyl (C=O) groups is 1. The van der Waals surface area contributed by atoms with E-state index >= 15 is 0 Å². The quantitative estimate of drug-likeness (QED) is 0.842. The van der Waals surface area contributed by atoms with E-state index in [9.17, 15) is 9.18 Å². The van der Waals surface area contributed by atoms with Gasteiger partial charge in [-0.25, -0.2) is 4.39 Å². The van der Waals surface area contributed by atoms with E-state index in [2.05, 4.69) is 5.32 Å². The molecule has 3 nitrogen and oxygen atoms in total. The van der Waals surface area contributed by atoms with Crippen LogP contribution < -0.4 is 5.32 Å². The molecule has 0 bridgehead atoms. The molecule has 0 amide bonds. The summed E-state index contributed by atoms with van der Waals surface area (Å²) in [6.07, 6.45) is 1.89. The van der Waals surface area contributed by atoms with Gasteiger partial charge in [0.1, 0.15) is 5.82 Å². The van der Waals surface area contributed by atoms with Gasteiger partial charge in [0.2, 0.25) is 0 Å². The van der Waals surface area contributed by atoms with Gasteiger partial charge in [0.25, 0.3) is 0 Å². The van der Waals surface area contributed by atoms with E-state index < -0.39 is 0 Å². The van der Waals surface area contributed by atoms with E-state index in [1.807, 2.05) is 13.0 Å². The van der Waals surface area contributed by atoms with Crippen molar-refractivity contribution in [3.05, 3.63) is 35.3 Å². The Hall–Kier alpha value is -1.68. The topological polar surface area (TPSA) is 34.0 Å². The number of aryl methyl sites for hydroxylation is 1. The highest BCUT2D eigenvalue weighted by atomic mass is 19.1.